The summed E-state index contributed by atoms with van der Waals surface area (Å²) in [5.41, 5.74) is -0.146. The van der Waals surface area contributed by atoms with Gasteiger partial charge in [0.25, 0.3) is 0 Å². The Kier molecular flexibility index (Phi) is 4.32. The molecule has 0 amide bonds. The van der Waals surface area contributed by atoms with Crippen molar-refractivity contribution < 1.29 is 23.4 Å². The van der Waals surface area contributed by atoms with Crippen LogP contribution in [0.4, 0.5) is 18.9 Å². The maximum absolute atomic E-state index is 12.8. The molecule has 7 heteroatoms. The van der Waals surface area contributed by atoms with E-state index in [-0.39, 0.29) is 28.2 Å². The van der Waals surface area contributed by atoms with Gasteiger partial charge in [-0.15, -0.1) is 0 Å². The molecule has 2 rings (SSSR count). The first-order chi connectivity index (χ1) is 9.79. The van der Waals surface area contributed by atoms with Gasteiger partial charge < -0.3 is 15.5 Å². The molecule has 0 aromatic heterocycles. The lowest BCUT2D eigenvalue weighted by Gasteiger charge is -2.13. The number of para-hydroxylation sites is 1. The Hall–Kier alpha value is -1.89. The number of alkyl halides is 3. The molecule has 0 saturated carbocycles. The molecule has 0 fully saturated rings. The molecule has 0 radical (unpaired) electrons. The van der Waals surface area contributed by atoms with Crippen LogP contribution in [-0.4, -0.2) is 10.2 Å². The van der Waals surface area contributed by atoms with Gasteiger partial charge in [0.15, 0.2) is 11.5 Å². The number of phenolic OH excluding ortho intramolecular Hbond substituents is 2. The Balaban J connectivity index is 2.19. The minimum atomic E-state index is -4.45. The van der Waals surface area contributed by atoms with Crippen LogP contribution in [0.5, 0.6) is 11.5 Å². The maximum Gasteiger partial charge on any atom is 0.417 e. The minimum absolute atomic E-state index is 0.0410. The van der Waals surface area contributed by atoms with Crippen molar-refractivity contribution in [1.29, 1.82) is 0 Å². The lowest BCUT2D eigenvalue weighted by atomic mass is 10.1. The van der Waals surface area contributed by atoms with E-state index in [2.05, 4.69) is 21.2 Å². The molecule has 3 nitrogen and oxygen atoms in total. The number of hydrogen-bond acceptors (Lipinski definition) is 3. The molecular formula is C14H11BrF3NO2. The van der Waals surface area contributed by atoms with Crippen LogP contribution in [0.15, 0.2) is 40.9 Å². The maximum atomic E-state index is 12.8. The van der Waals surface area contributed by atoms with E-state index in [1.165, 1.54) is 24.3 Å². The molecule has 0 saturated heterocycles. The molecule has 2 aromatic rings. The van der Waals surface area contributed by atoms with E-state index in [1.54, 1.807) is 6.07 Å². The highest BCUT2D eigenvalue weighted by Crippen LogP contribution is 2.36. The van der Waals surface area contributed by atoms with Crippen molar-refractivity contribution in [3.8, 4) is 11.5 Å². The molecular weight excluding hydrogens is 351 g/mol. The molecule has 0 spiro atoms. The molecule has 0 aliphatic rings. The number of anilines is 1. The van der Waals surface area contributed by atoms with Crippen LogP contribution >= 0.6 is 15.9 Å². The molecule has 0 aliphatic heterocycles. The Morgan fingerprint density at radius 3 is 2.48 bits per heavy atom. The second kappa shape index (κ2) is 5.85. The number of hydrogen-bond donors (Lipinski definition) is 3. The average Bonchev–Trinajstić information content (AvgIpc) is 2.40. The van der Waals surface area contributed by atoms with E-state index in [9.17, 15) is 23.4 Å². The van der Waals surface area contributed by atoms with Crippen LogP contribution in [0.25, 0.3) is 0 Å². The molecule has 0 unspecified atom stereocenters. The van der Waals surface area contributed by atoms with E-state index in [1.807, 2.05) is 0 Å². The van der Waals surface area contributed by atoms with Gasteiger partial charge in [0.2, 0.25) is 0 Å². The first-order valence-corrected chi connectivity index (χ1v) is 6.69. The summed E-state index contributed by atoms with van der Waals surface area (Å²) in [6.07, 6.45) is -4.45. The summed E-state index contributed by atoms with van der Waals surface area (Å²) in [6, 6.07) is 8.18. The van der Waals surface area contributed by atoms with Crippen LogP contribution in [0, 0.1) is 0 Å². The SMILES string of the molecule is Oc1cccc(CNc2ccc(Br)c(C(F)(F)F)c2)c1O. The zero-order valence-corrected chi connectivity index (χ0v) is 12.2. The molecule has 0 bridgehead atoms. The molecule has 21 heavy (non-hydrogen) atoms. The van der Waals surface area contributed by atoms with Gasteiger partial charge in [0.05, 0.1) is 5.56 Å². The summed E-state index contributed by atoms with van der Waals surface area (Å²) in [4.78, 5) is 0. The van der Waals surface area contributed by atoms with Crippen molar-refractivity contribution in [1.82, 2.24) is 0 Å². The Bertz CT molecular complexity index is 659. The fraction of sp³-hybridized carbons (Fsp3) is 0.143. The van der Waals surface area contributed by atoms with E-state index >= 15 is 0 Å². The summed E-state index contributed by atoms with van der Waals surface area (Å²) >= 11 is 2.86. The molecule has 112 valence electrons. The average molecular weight is 362 g/mol. The van der Waals surface area contributed by atoms with Crippen LogP contribution in [0.1, 0.15) is 11.1 Å². The van der Waals surface area contributed by atoms with E-state index < -0.39 is 11.7 Å². The summed E-state index contributed by atoms with van der Waals surface area (Å²) in [6.45, 7) is 0.0825. The predicted octanol–water partition coefficient (Wildman–Crippen LogP) is 4.49. The molecule has 0 heterocycles. The molecule has 0 aliphatic carbocycles. The normalized spacial score (nSPS) is 11.4. The summed E-state index contributed by atoms with van der Waals surface area (Å²) in [5, 5.41) is 21.8. The number of phenols is 2. The van der Waals surface area contributed by atoms with Crippen molar-refractivity contribution in [2.75, 3.05) is 5.32 Å². The van der Waals surface area contributed by atoms with Crippen molar-refractivity contribution in [3.63, 3.8) is 0 Å². The number of rotatable bonds is 3. The van der Waals surface area contributed by atoms with E-state index in [0.717, 1.165) is 6.07 Å². The van der Waals surface area contributed by atoms with Gasteiger partial charge in [-0.3, -0.25) is 0 Å². The third kappa shape index (κ3) is 3.60. The summed E-state index contributed by atoms with van der Waals surface area (Å²) < 4.78 is 38.3. The van der Waals surface area contributed by atoms with Crippen molar-refractivity contribution in [2.24, 2.45) is 0 Å². The third-order valence-electron chi connectivity index (χ3n) is 2.85. The molecule has 0 atom stereocenters. The Labute approximate surface area is 127 Å². The van der Waals surface area contributed by atoms with E-state index in [4.69, 9.17) is 0 Å². The zero-order valence-electron chi connectivity index (χ0n) is 10.6. The fourth-order valence-corrected chi connectivity index (χ4v) is 2.24. The first-order valence-electron chi connectivity index (χ1n) is 5.89. The van der Waals surface area contributed by atoms with Crippen molar-refractivity contribution in [2.45, 2.75) is 12.7 Å². The highest BCUT2D eigenvalue weighted by atomic mass is 79.9. The second-order valence-corrected chi connectivity index (χ2v) is 5.19. The van der Waals surface area contributed by atoms with Crippen molar-refractivity contribution >= 4 is 21.6 Å². The smallest absolute Gasteiger partial charge is 0.417 e. The van der Waals surface area contributed by atoms with Crippen LogP contribution in [0.3, 0.4) is 0 Å². The summed E-state index contributed by atoms with van der Waals surface area (Å²) in [5.74, 6) is -0.570. The highest BCUT2D eigenvalue weighted by molar-refractivity contribution is 9.10. The number of aromatic hydroxyl groups is 2. The number of benzene rings is 2. The quantitative estimate of drug-likeness (QED) is 0.706. The van der Waals surface area contributed by atoms with E-state index in [0.29, 0.717) is 5.56 Å². The van der Waals surface area contributed by atoms with Gasteiger partial charge in [-0.25, -0.2) is 0 Å². The summed E-state index contributed by atoms with van der Waals surface area (Å²) in [7, 11) is 0. The van der Waals surface area contributed by atoms with Crippen molar-refractivity contribution in [3.05, 3.63) is 52.0 Å². The van der Waals surface area contributed by atoms with Gasteiger partial charge in [0.1, 0.15) is 0 Å². The molecule has 2 aromatic carbocycles. The minimum Gasteiger partial charge on any atom is -0.504 e. The van der Waals surface area contributed by atoms with Crippen LogP contribution < -0.4 is 5.32 Å². The van der Waals surface area contributed by atoms with Gasteiger partial charge in [-0.05, 0) is 24.3 Å². The predicted molar refractivity (Wildman–Crippen MR) is 76.2 cm³/mol. The number of nitrogens with one attached hydrogen (secondary N) is 1. The van der Waals surface area contributed by atoms with Gasteiger partial charge >= 0.3 is 6.18 Å². The number of halogens is 4. The fourth-order valence-electron chi connectivity index (χ4n) is 1.77. The Morgan fingerprint density at radius 2 is 1.81 bits per heavy atom. The monoisotopic (exact) mass is 361 g/mol. The molecule has 3 N–H and O–H groups in total. The second-order valence-electron chi connectivity index (χ2n) is 4.33. The van der Waals surface area contributed by atoms with Crippen LogP contribution in [-0.2, 0) is 12.7 Å². The van der Waals surface area contributed by atoms with Gasteiger partial charge in [-0.1, -0.05) is 28.1 Å². The van der Waals surface area contributed by atoms with Gasteiger partial charge in [-0.2, -0.15) is 13.2 Å². The Morgan fingerprint density at radius 1 is 1.10 bits per heavy atom. The largest absolute Gasteiger partial charge is 0.504 e. The topological polar surface area (TPSA) is 52.5 Å². The van der Waals surface area contributed by atoms with Gasteiger partial charge in [0, 0.05) is 22.3 Å². The standard InChI is InChI=1S/C14H11BrF3NO2/c15-11-5-4-9(6-10(11)14(16,17)18)19-7-8-2-1-3-12(20)13(8)21/h1-6,19-21H,7H2. The zero-order chi connectivity index (χ0) is 15.6. The third-order valence-corrected chi connectivity index (χ3v) is 3.54. The lowest BCUT2D eigenvalue weighted by Crippen LogP contribution is -2.07. The first kappa shape index (κ1) is 15.5. The van der Waals surface area contributed by atoms with Crippen LogP contribution in [0.2, 0.25) is 0 Å². The highest BCUT2D eigenvalue weighted by Gasteiger charge is 2.33. The lowest BCUT2D eigenvalue weighted by molar-refractivity contribution is -0.138.